The topological polar surface area (TPSA) is 93.1 Å². The van der Waals surface area contributed by atoms with Crippen LogP contribution in [0.25, 0.3) is 11.1 Å². The van der Waals surface area contributed by atoms with E-state index in [4.69, 9.17) is 19.7 Å². The SMILES string of the molecule is C=C(C=O)CO.C=C(CO)C(=O)OCC(COC)CC(C)C1CCC(c2ccc(-c3ccc(CC/C=C/C)cc3)cc2)CC1. The molecule has 0 amide bonds. The first-order valence-electron chi connectivity index (χ1n) is 15.7. The van der Waals surface area contributed by atoms with Crippen molar-refractivity contribution in [3.63, 3.8) is 0 Å². The second-order valence-corrected chi connectivity index (χ2v) is 11.9. The van der Waals surface area contributed by atoms with Crippen molar-refractivity contribution in [2.24, 2.45) is 17.8 Å². The van der Waals surface area contributed by atoms with E-state index in [9.17, 15) is 9.59 Å². The lowest BCUT2D eigenvalue weighted by Gasteiger charge is -2.34. The van der Waals surface area contributed by atoms with Gasteiger partial charge in [0.15, 0.2) is 0 Å². The van der Waals surface area contributed by atoms with Crippen molar-refractivity contribution in [3.05, 3.63) is 96.1 Å². The molecule has 2 aromatic carbocycles. The highest BCUT2D eigenvalue weighted by atomic mass is 16.5. The Morgan fingerprint density at radius 2 is 1.57 bits per heavy atom. The number of carbonyl (C=O) groups is 2. The summed E-state index contributed by atoms with van der Waals surface area (Å²) in [6, 6.07) is 18.2. The first-order valence-corrected chi connectivity index (χ1v) is 15.7. The third kappa shape index (κ3) is 12.7. The number of hydrogen-bond donors (Lipinski definition) is 2. The minimum atomic E-state index is -0.523. The Morgan fingerprint density at radius 1 is 0.955 bits per heavy atom. The first kappa shape index (κ1) is 36.9. The highest BCUT2D eigenvalue weighted by molar-refractivity contribution is 5.87. The zero-order valence-electron chi connectivity index (χ0n) is 26.9. The summed E-state index contributed by atoms with van der Waals surface area (Å²) in [5.41, 5.74) is 5.71. The van der Waals surface area contributed by atoms with Gasteiger partial charge in [-0.05, 0) is 91.9 Å². The Hall–Kier alpha value is -3.32. The maximum atomic E-state index is 11.9. The van der Waals surface area contributed by atoms with E-state index in [-0.39, 0.29) is 30.3 Å². The van der Waals surface area contributed by atoms with E-state index < -0.39 is 5.97 Å². The molecule has 0 heterocycles. The predicted octanol–water partition coefficient (Wildman–Crippen LogP) is 7.25. The molecular formula is C38H52O6. The monoisotopic (exact) mass is 604 g/mol. The van der Waals surface area contributed by atoms with Crippen LogP contribution in [0.4, 0.5) is 0 Å². The number of esters is 1. The van der Waals surface area contributed by atoms with Gasteiger partial charge in [0.05, 0.1) is 32.0 Å². The number of ether oxygens (including phenoxy) is 2. The standard InChI is InChI=1S/C34H46O4.C4H6O2/c1-5-6-7-8-27-9-11-30(12-10-27)32-17-19-33(20-18-32)31-15-13-29(14-16-31)25(2)21-28(23-37-4)24-38-34(36)26(3)22-35;1-4(2-5)3-6/h5-6,9-12,17-20,25,28-29,31,35H,3,7-8,13-16,21-24H2,1-2,4H3;2,6H,1,3H2/b6-5+;. The number of allylic oxidation sites excluding steroid dienone is 2. The molecule has 2 N–H and O–H groups in total. The molecular weight excluding hydrogens is 552 g/mol. The summed E-state index contributed by atoms with van der Waals surface area (Å²) in [6.07, 6.45) is 12.9. The lowest BCUT2D eigenvalue weighted by molar-refractivity contribution is -0.141. The highest BCUT2D eigenvalue weighted by Gasteiger charge is 2.28. The van der Waals surface area contributed by atoms with Crippen LogP contribution in [-0.2, 0) is 25.5 Å². The van der Waals surface area contributed by atoms with Crippen LogP contribution < -0.4 is 0 Å². The maximum Gasteiger partial charge on any atom is 0.335 e. The van der Waals surface area contributed by atoms with Crippen LogP contribution in [0.5, 0.6) is 0 Å². The average Bonchev–Trinajstić information content (AvgIpc) is 3.07. The molecule has 1 aliphatic rings. The van der Waals surface area contributed by atoms with Gasteiger partial charge in [-0.2, -0.15) is 0 Å². The quantitative estimate of drug-likeness (QED) is 0.0908. The van der Waals surface area contributed by atoms with E-state index in [0.29, 0.717) is 37.3 Å². The number of methoxy groups -OCH3 is 1. The van der Waals surface area contributed by atoms with Gasteiger partial charge in [0, 0.05) is 18.6 Å². The number of aryl methyl sites for hydroxylation is 1. The normalized spacial score (nSPS) is 17.7. The molecule has 0 bridgehead atoms. The van der Waals surface area contributed by atoms with E-state index in [1.54, 1.807) is 7.11 Å². The fourth-order valence-electron chi connectivity index (χ4n) is 5.79. The summed E-state index contributed by atoms with van der Waals surface area (Å²) in [5.74, 6) is 1.48. The van der Waals surface area contributed by atoms with Crippen molar-refractivity contribution in [2.75, 3.05) is 33.5 Å². The molecule has 1 saturated carbocycles. The van der Waals surface area contributed by atoms with Crippen molar-refractivity contribution < 1.29 is 29.3 Å². The van der Waals surface area contributed by atoms with Gasteiger partial charge in [-0.3, -0.25) is 4.79 Å². The van der Waals surface area contributed by atoms with Gasteiger partial charge in [-0.25, -0.2) is 4.79 Å². The molecule has 3 rings (SSSR count). The number of aliphatic hydroxyl groups excluding tert-OH is 2. The number of benzene rings is 2. The number of carbonyl (C=O) groups excluding carboxylic acids is 2. The van der Waals surface area contributed by atoms with Crippen molar-refractivity contribution in [1.82, 2.24) is 0 Å². The molecule has 1 fully saturated rings. The number of aldehydes is 1. The predicted molar refractivity (Wildman–Crippen MR) is 178 cm³/mol. The first-order chi connectivity index (χ1) is 21.3. The van der Waals surface area contributed by atoms with E-state index >= 15 is 0 Å². The Balaban J connectivity index is 0.00000102. The van der Waals surface area contributed by atoms with Gasteiger partial charge in [0.1, 0.15) is 6.29 Å². The van der Waals surface area contributed by atoms with Crippen molar-refractivity contribution in [1.29, 1.82) is 0 Å². The van der Waals surface area contributed by atoms with Crippen LogP contribution in [0.15, 0.2) is 85.0 Å². The van der Waals surface area contributed by atoms with Gasteiger partial charge in [-0.15, -0.1) is 0 Å². The Bertz CT molecular complexity index is 1170. The molecule has 44 heavy (non-hydrogen) atoms. The highest BCUT2D eigenvalue weighted by Crippen LogP contribution is 2.40. The second kappa shape index (κ2) is 20.6. The zero-order valence-corrected chi connectivity index (χ0v) is 26.9. The van der Waals surface area contributed by atoms with Crippen LogP contribution in [0, 0.1) is 17.8 Å². The van der Waals surface area contributed by atoms with E-state index in [1.165, 1.54) is 47.9 Å². The van der Waals surface area contributed by atoms with Gasteiger partial charge < -0.3 is 19.7 Å². The Morgan fingerprint density at radius 3 is 2.07 bits per heavy atom. The summed E-state index contributed by atoms with van der Waals surface area (Å²) in [7, 11) is 1.68. The maximum absolute atomic E-state index is 11.9. The van der Waals surface area contributed by atoms with Crippen LogP contribution in [-0.4, -0.2) is 56.0 Å². The summed E-state index contributed by atoms with van der Waals surface area (Å²) < 4.78 is 10.7. The summed E-state index contributed by atoms with van der Waals surface area (Å²) in [5, 5.41) is 17.1. The Labute approximate surface area is 264 Å². The van der Waals surface area contributed by atoms with Crippen molar-refractivity contribution in [2.45, 2.75) is 64.7 Å². The molecule has 6 heteroatoms. The van der Waals surface area contributed by atoms with Crippen LogP contribution in [0.3, 0.4) is 0 Å². The van der Waals surface area contributed by atoms with Crippen LogP contribution in [0.1, 0.15) is 69.4 Å². The van der Waals surface area contributed by atoms with Crippen LogP contribution >= 0.6 is 0 Å². The van der Waals surface area contributed by atoms with Crippen LogP contribution in [0.2, 0.25) is 0 Å². The fraction of sp³-hybridized carbons (Fsp3) is 0.474. The molecule has 0 saturated heterocycles. The molecule has 0 spiro atoms. The largest absolute Gasteiger partial charge is 0.462 e. The minimum absolute atomic E-state index is 0.0918. The summed E-state index contributed by atoms with van der Waals surface area (Å²) in [4.78, 5) is 21.4. The molecule has 0 aliphatic heterocycles. The Kier molecular flexibility index (Phi) is 17.3. The zero-order chi connectivity index (χ0) is 32.3. The smallest absolute Gasteiger partial charge is 0.335 e. The van der Waals surface area contributed by atoms with Gasteiger partial charge in [0.2, 0.25) is 0 Å². The average molecular weight is 605 g/mol. The van der Waals surface area contributed by atoms with Gasteiger partial charge >= 0.3 is 5.97 Å². The van der Waals surface area contributed by atoms with Gasteiger partial charge in [-0.1, -0.05) is 80.8 Å². The molecule has 2 aromatic rings. The van der Waals surface area contributed by atoms with Crippen molar-refractivity contribution in [3.8, 4) is 11.1 Å². The van der Waals surface area contributed by atoms with E-state index in [2.05, 4.69) is 87.7 Å². The fourth-order valence-corrected chi connectivity index (χ4v) is 5.79. The minimum Gasteiger partial charge on any atom is -0.462 e. The number of aliphatic hydroxyl groups is 2. The summed E-state index contributed by atoms with van der Waals surface area (Å²) in [6.45, 7) is 11.4. The molecule has 2 unspecified atom stereocenters. The molecule has 1 aliphatic carbocycles. The van der Waals surface area contributed by atoms with E-state index in [1.807, 2.05) is 0 Å². The lowest BCUT2D eigenvalue weighted by atomic mass is 9.72. The lowest BCUT2D eigenvalue weighted by Crippen LogP contribution is -2.26. The van der Waals surface area contributed by atoms with Crippen molar-refractivity contribution >= 4 is 12.3 Å². The molecule has 0 radical (unpaired) electrons. The number of rotatable bonds is 16. The third-order valence-corrected chi connectivity index (χ3v) is 8.49. The molecule has 0 aromatic heterocycles. The second-order valence-electron chi connectivity index (χ2n) is 11.9. The van der Waals surface area contributed by atoms with E-state index in [0.717, 1.165) is 19.3 Å². The number of hydrogen-bond acceptors (Lipinski definition) is 6. The molecule has 240 valence electrons. The summed E-state index contributed by atoms with van der Waals surface area (Å²) >= 11 is 0. The third-order valence-electron chi connectivity index (χ3n) is 8.49. The van der Waals surface area contributed by atoms with Gasteiger partial charge in [0.25, 0.3) is 0 Å². The molecule has 6 nitrogen and oxygen atoms in total. The molecule has 2 atom stereocenters.